The van der Waals surface area contributed by atoms with Gasteiger partial charge in [0.2, 0.25) is 17.8 Å². The van der Waals surface area contributed by atoms with Gasteiger partial charge in [0.25, 0.3) is 6.43 Å². The van der Waals surface area contributed by atoms with E-state index in [1.54, 1.807) is 14.0 Å². The van der Waals surface area contributed by atoms with Gasteiger partial charge in [-0.05, 0) is 42.2 Å². The molecule has 3 aliphatic heterocycles. The van der Waals surface area contributed by atoms with Crippen LogP contribution in [0.15, 0.2) is 42.6 Å². The number of carbonyl (C=O) groups is 2. The van der Waals surface area contributed by atoms with Crippen molar-refractivity contribution in [2.75, 3.05) is 67.2 Å². The number of piperidine rings is 1. The molecule has 3 N–H and O–H groups in total. The van der Waals surface area contributed by atoms with Crippen LogP contribution in [0.3, 0.4) is 0 Å². The van der Waals surface area contributed by atoms with Gasteiger partial charge >= 0.3 is 0 Å². The Kier molecular flexibility index (Phi) is 8.97. The van der Waals surface area contributed by atoms with E-state index in [0.717, 1.165) is 80.8 Å². The fourth-order valence-electron chi connectivity index (χ4n) is 6.40. The number of piperazine rings is 1. The second-order valence-electron chi connectivity index (χ2n) is 11.6. The molecule has 2 aromatic carbocycles. The van der Waals surface area contributed by atoms with E-state index < -0.39 is 6.43 Å². The van der Waals surface area contributed by atoms with Gasteiger partial charge in [0.15, 0.2) is 0 Å². The summed E-state index contributed by atoms with van der Waals surface area (Å²) in [6, 6.07) is 11.9. The molecule has 45 heavy (non-hydrogen) atoms. The molecule has 0 bridgehead atoms. The van der Waals surface area contributed by atoms with Crippen molar-refractivity contribution in [3.63, 3.8) is 0 Å². The normalized spacial score (nSPS) is 17.3. The molecular weight excluding hydrogens is 582 g/mol. The van der Waals surface area contributed by atoms with Crippen LogP contribution < -0.4 is 25.6 Å². The average molecular weight is 621 g/mol. The zero-order valence-electron chi connectivity index (χ0n) is 25.5. The number of rotatable bonds is 9. The van der Waals surface area contributed by atoms with Crippen LogP contribution in [0.2, 0.25) is 0 Å². The molecule has 238 valence electrons. The van der Waals surface area contributed by atoms with Gasteiger partial charge < -0.3 is 30.5 Å². The largest absolute Gasteiger partial charge is 0.494 e. The third-order valence-electron chi connectivity index (χ3n) is 8.92. The number of anilines is 5. The topological polar surface area (TPSA) is 115 Å². The molecule has 6 rings (SSSR count). The van der Waals surface area contributed by atoms with Crippen LogP contribution in [-0.2, 0) is 22.6 Å². The summed E-state index contributed by atoms with van der Waals surface area (Å²) in [4.78, 5) is 38.8. The first-order chi connectivity index (χ1) is 21.8. The van der Waals surface area contributed by atoms with Crippen LogP contribution in [0.25, 0.3) is 0 Å². The van der Waals surface area contributed by atoms with Gasteiger partial charge in [-0.3, -0.25) is 14.5 Å². The highest BCUT2D eigenvalue weighted by atomic mass is 19.3. The fourth-order valence-corrected chi connectivity index (χ4v) is 6.40. The molecule has 2 fully saturated rings. The molecule has 0 spiro atoms. The number of hydrogen-bond donors (Lipinski definition) is 3. The highest BCUT2D eigenvalue weighted by Crippen LogP contribution is 2.34. The number of fused-ring (bicyclic) bond motifs is 1. The third kappa shape index (κ3) is 6.77. The molecule has 0 saturated carbocycles. The van der Waals surface area contributed by atoms with E-state index in [2.05, 4.69) is 35.7 Å². The summed E-state index contributed by atoms with van der Waals surface area (Å²) >= 11 is 0. The number of nitrogens with one attached hydrogen (secondary N) is 3. The van der Waals surface area contributed by atoms with Crippen LogP contribution in [0.1, 0.15) is 42.9 Å². The van der Waals surface area contributed by atoms with E-state index in [0.29, 0.717) is 17.5 Å². The number of hydrogen-bond acceptors (Lipinski definition) is 9. The second kappa shape index (κ2) is 13.2. The summed E-state index contributed by atoms with van der Waals surface area (Å²) in [6.45, 7) is 7.10. The molecule has 3 aromatic rings. The Labute approximate surface area is 261 Å². The van der Waals surface area contributed by atoms with Crippen molar-refractivity contribution in [3.05, 3.63) is 59.3 Å². The second-order valence-corrected chi connectivity index (χ2v) is 11.6. The number of aromatic nitrogens is 2. The van der Waals surface area contributed by atoms with Crippen molar-refractivity contribution < 1.29 is 23.1 Å². The number of alkyl halides is 2. The summed E-state index contributed by atoms with van der Waals surface area (Å²) in [5, 5.41) is 8.96. The van der Waals surface area contributed by atoms with Gasteiger partial charge in [0.1, 0.15) is 11.6 Å². The summed E-state index contributed by atoms with van der Waals surface area (Å²) < 4.78 is 33.4. The number of carbonyl (C=O) groups excluding carboxylic acids is 2. The molecule has 4 heterocycles. The molecule has 2 saturated heterocycles. The van der Waals surface area contributed by atoms with Crippen LogP contribution in [0, 0.1) is 0 Å². The van der Waals surface area contributed by atoms with Gasteiger partial charge in [-0.2, -0.15) is 4.98 Å². The molecule has 13 heteroatoms. The highest BCUT2D eigenvalue weighted by molar-refractivity contribution is 5.99. The van der Waals surface area contributed by atoms with Crippen molar-refractivity contribution in [2.24, 2.45) is 0 Å². The maximum atomic E-state index is 13.9. The Bertz CT molecular complexity index is 1560. The maximum absolute atomic E-state index is 13.9. The Morgan fingerprint density at radius 2 is 1.89 bits per heavy atom. The fraction of sp³-hybridized carbons (Fsp3) is 0.438. The molecule has 0 aliphatic carbocycles. The monoisotopic (exact) mass is 620 g/mol. The van der Waals surface area contributed by atoms with Crippen molar-refractivity contribution >= 4 is 40.6 Å². The van der Waals surface area contributed by atoms with Gasteiger partial charge in [0.05, 0.1) is 24.8 Å². The lowest BCUT2D eigenvalue weighted by Gasteiger charge is -2.43. The Balaban J connectivity index is 1.11. The van der Waals surface area contributed by atoms with Crippen molar-refractivity contribution in [3.8, 4) is 5.75 Å². The van der Waals surface area contributed by atoms with Crippen LogP contribution in [-0.4, -0.2) is 84.0 Å². The van der Waals surface area contributed by atoms with Crippen LogP contribution in [0.5, 0.6) is 5.75 Å². The average Bonchev–Trinajstić information content (AvgIpc) is 3.45. The number of methoxy groups -OCH3 is 1. The summed E-state index contributed by atoms with van der Waals surface area (Å²) in [5.41, 5.74) is 3.76. The Morgan fingerprint density at radius 3 is 2.60 bits per heavy atom. The first kappa shape index (κ1) is 30.5. The zero-order valence-corrected chi connectivity index (χ0v) is 25.5. The number of ether oxygens (including phenoxy) is 1. The van der Waals surface area contributed by atoms with Gasteiger partial charge in [-0.1, -0.05) is 12.1 Å². The quantitative estimate of drug-likeness (QED) is 0.320. The minimum Gasteiger partial charge on any atom is -0.494 e. The minimum atomic E-state index is -2.77. The Hall–Kier alpha value is -4.52. The standard InChI is InChI=1S/C32H38F2N8O3/c1-20(43)40-12-14-42(15-13-40)22-8-10-41(11-9-22)23-6-7-27(28(16-23)45-2)38-32-36-19-25(30(33)34)31(39-32)35-18-21-4-3-5-26-24(21)17-29(44)37-26/h3-7,16,19,22,30H,8-15,17-18H2,1-2H3,(H,37,44)(H2,35,36,38,39). The van der Waals surface area contributed by atoms with Gasteiger partial charge in [0, 0.05) is 82.4 Å². The lowest BCUT2D eigenvalue weighted by Crippen LogP contribution is -2.54. The van der Waals surface area contributed by atoms with Crippen molar-refractivity contribution in [2.45, 2.75) is 45.2 Å². The van der Waals surface area contributed by atoms with Crippen molar-refractivity contribution in [1.82, 2.24) is 19.8 Å². The lowest BCUT2D eigenvalue weighted by molar-refractivity contribution is -0.131. The molecule has 3 aliphatic rings. The lowest BCUT2D eigenvalue weighted by atomic mass is 10.0. The predicted octanol–water partition coefficient (Wildman–Crippen LogP) is 4.41. The van der Waals surface area contributed by atoms with E-state index in [1.165, 1.54) is 0 Å². The smallest absolute Gasteiger partial charge is 0.268 e. The van der Waals surface area contributed by atoms with Gasteiger partial charge in [-0.25, -0.2) is 13.8 Å². The molecule has 0 unspecified atom stereocenters. The van der Waals surface area contributed by atoms with Crippen LogP contribution >= 0.6 is 0 Å². The molecule has 2 amide bonds. The van der Waals surface area contributed by atoms with E-state index in [4.69, 9.17) is 4.74 Å². The predicted molar refractivity (Wildman–Crippen MR) is 168 cm³/mol. The summed E-state index contributed by atoms with van der Waals surface area (Å²) in [5.74, 6) is 0.799. The number of amides is 2. The maximum Gasteiger partial charge on any atom is 0.268 e. The summed E-state index contributed by atoms with van der Waals surface area (Å²) in [7, 11) is 1.59. The van der Waals surface area contributed by atoms with Gasteiger partial charge in [-0.15, -0.1) is 0 Å². The number of nitrogens with zero attached hydrogens (tertiary/aromatic N) is 5. The molecule has 0 radical (unpaired) electrons. The molecule has 11 nitrogen and oxygen atoms in total. The third-order valence-corrected chi connectivity index (χ3v) is 8.92. The van der Waals surface area contributed by atoms with E-state index >= 15 is 0 Å². The molecular formula is C32H38F2N8O3. The summed E-state index contributed by atoms with van der Waals surface area (Å²) in [6.07, 6.45) is 0.684. The number of halogens is 2. The first-order valence-corrected chi connectivity index (χ1v) is 15.3. The van der Waals surface area contributed by atoms with E-state index in [1.807, 2.05) is 41.3 Å². The van der Waals surface area contributed by atoms with Crippen LogP contribution in [0.4, 0.5) is 37.6 Å². The highest BCUT2D eigenvalue weighted by Gasteiger charge is 2.28. The molecule has 1 aromatic heterocycles. The minimum absolute atomic E-state index is 0.0125. The zero-order chi connectivity index (χ0) is 31.5. The SMILES string of the molecule is COc1cc(N2CCC(N3CCN(C(C)=O)CC3)CC2)ccc1Nc1ncc(C(F)F)c(NCc2cccc3c2CC(=O)N3)n1. The van der Waals surface area contributed by atoms with E-state index in [9.17, 15) is 18.4 Å². The first-order valence-electron chi connectivity index (χ1n) is 15.3. The Morgan fingerprint density at radius 1 is 1.11 bits per heavy atom. The van der Waals surface area contributed by atoms with E-state index in [-0.39, 0.29) is 42.1 Å². The number of benzene rings is 2. The van der Waals surface area contributed by atoms with Crippen molar-refractivity contribution in [1.29, 1.82) is 0 Å². The molecule has 0 atom stereocenters.